The summed E-state index contributed by atoms with van der Waals surface area (Å²) >= 11 is 0. The summed E-state index contributed by atoms with van der Waals surface area (Å²) in [5.41, 5.74) is 1.47. The molecule has 0 spiro atoms. The van der Waals surface area contributed by atoms with E-state index in [1.165, 1.54) is 12.1 Å². The largest absolute Gasteiger partial charge is 0.340 e. The van der Waals surface area contributed by atoms with Crippen molar-refractivity contribution in [3.05, 3.63) is 59.7 Å². The Morgan fingerprint density at radius 1 is 0.682 bits per heavy atom. The van der Waals surface area contributed by atoms with Crippen molar-refractivity contribution in [2.24, 2.45) is 5.92 Å². The molecule has 0 saturated carbocycles. The second kappa shape index (κ2) is 14.8. The van der Waals surface area contributed by atoms with Crippen LogP contribution in [0.4, 0.5) is 11.4 Å². The Labute approximate surface area is 252 Å². The van der Waals surface area contributed by atoms with E-state index in [-0.39, 0.29) is 61.2 Å². The average molecular weight is 604 g/mol. The van der Waals surface area contributed by atoms with E-state index < -0.39 is 35.6 Å². The monoisotopic (exact) mass is 603 g/mol. The average Bonchev–Trinajstić information content (AvgIpc) is 3.47. The minimum Gasteiger partial charge on any atom is -0.340 e. The summed E-state index contributed by atoms with van der Waals surface area (Å²) in [5.74, 6) is -3.77. The van der Waals surface area contributed by atoms with E-state index in [2.05, 4.69) is 26.6 Å². The molecule has 0 unspecified atom stereocenters. The first-order valence-corrected chi connectivity index (χ1v) is 14.4. The Hall–Kier alpha value is -5.20. The minimum absolute atomic E-state index is 0.00526. The van der Waals surface area contributed by atoms with E-state index in [0.29, 0.717) is 29.8 Å². The Bertz CT molecular complexity index is 1390. The summed E-state index contributed by atoms with van der Waals surface area (Å²) in [7, 11) is 0. The third kappa shape index (κ3) is 9.15. The van der Waals surface area contributed by atoms with E-state index in [9.17, 15) is 38.4 Å². The molecule has 0 aliphatic carbocycles. The van der Waals surface area contributed by atoms with Gasteiger partial charge in [0.15, 0.2) is 5.78 Å². The lowest BCUT2D eigenvalue weighted by atomic mass is 9.96. The van der Waals surface area contributed by atoms with E-state index in [0.717, 1.165) is 12.8 Å². The normalized spacial score (nSPS) is 17.5. The van der Waals surface area contributed by atoms with Gasteiger partial charge >= 0.3 is 0 Å². The van der Waals surface area contributed by atoms with E-state index in [1.54, 1.807) is 36.4 Å². The molecule has 2 heterocycles. The zero-order valence-electron chi connectivity index (χ0n) is 23.9. The molecule has 0 radical (unpaired) electrons. The van der Waals surface area contributed by atoms with Crippen molar-refractivity contribution in [3.63, 3.8) is 0 Å². The zero-order valence-corrected chi connectivity index (χ0v) is 23.9. The molecular formula is C31H33N5O8. The molecule has 2 saturated heterocycles. The lowest BCUT2D eigenvalue weighted by molar-refractivity contribution is -0.127. The van der Waals surface area contributed by atoms with Crippen LogP contribution in [0.25, 0.3) is 0 Å². The molecule has 2 aliphatic heterocycles. The summed E-state index contributed by atoms with van der Waals surface area (Å²) in [5, 5.41) is 12.3. The van der Waals surface area contributed by atoms with Crippen LogP contribution in [-0.2, 0) is 28.8 Å². The number of carbonyl (C=O) groups excluding carboxylic acids is 8. The molecule has 230 valence electrons. The molecule has 2 aromatic rings. The van der Waals surface area contributed by atoms with Crippen molar-refractivity contribution in [2.45, 2.75) is 63.8 Å². The predicted octanol–water partition coefficient (Wildman–Crippen LogP) is 1.98. The summed E-state index contributed by atoms with van der Waals surface area (Å²) in [6, 6.07) is 11.8. The number of unbranched alkanes of at least 4 members (excludes halogenated alkanes) is 3. The number of ketones is 1. The van der Waals surface area contributed by atoms with Gasteiger partial charge in [-0.05, 0) is 43.2 Å². The maximum Gasteiger partial charge on any atom is 0.252 e. The first-order valence-electron chi connectivity index (χ1n) is 14.4. The van der Waals surface area contributed by atoms with Crippen molar-refractivity contribution in [1.29, 1.82) is 0 Å². The Morgan fingerprint density at radius 3 is 1.77 bits per heavy atom. The molecule has 5 N–H and O–H groups in total. The molecule has 2 atom stereocenters. The van der Waals surface area contributed by atoms with Crippen LogP contribution in [0.5, 0.6) is 0 Å². The van der Waals surface area contributed by atoms with Gasteiger partial charge in [-0.2, -0.15) is 0 Å². The highest BCUT2D eigenvalue weighted by atomic mass is 16.2. The summed E-state index contributed by atoms with van der Waals surface area (Å²) in [6.07, 6.45) is 2.99. The van der Waals surface area contributed by atoms with Gasteiger partial charge in [-0.15, -0.1) is 0 Å². The van der Waals surface area contributed by atoms with Gasteiger partial charge in [0.2, 0.25) is 35.4 Å². The van der Waals surface area contributed by atoms with Crippen molar-refractivity contribution in [2.75, 3.05) is 10.6 Å². The van der Waals surface area contributed by atoms with Gasteiger partial charge in [0.05, 0.1) is 12.3 Å². The number of rotatable bonds is 14. The lowest BCUT2D eigenvalue weighted by Crippen LogP contribution is -2.40. The van der Waals surface area contributed by atoms with Gasteiger partial charge in [0.1, 0.15) is 6.04 Å². The van der Waals surface area contributed by atoms with Crippen LogP contribution >= 0.6 is 0 Å². The van der Waals surface area contributed by atoms with Crippen molar-refractivity contribution in [3.8, 4) is 0 Å². The molecule has 0 bridgehead atoms. The molecular weight excluding hydrogens is 570 g/mol. The molecule has 13 heteroatoms. The fourth-order valence-electron chi connectivity index (χ4n) is 4.91. The number of benzene rings is 2. The third-order valence-electron chi connectivity index (χ3n) is 7.21. The summed E-state index contributed by atoms with van der Waals surface area (Å²) < 4.78 is 0. The number of hydrogen-bond acceptors (Lipinski definition) is 8. The number of imide groups is 2. The smallest absolute Gasteiger partial charge is 0.252 e. The maximum atomic E-state index is 12.6. The third-order valence-corrected chi connectivity index (χ3v) is 7.21. The highest BCUT2D eigenvalue weighted by Crippen LogP contribution is 2.20. The molecule has 7 amide bonds. The van der Waals surface area contributed by atoms with Crippen LogP contribution in [-0.4, -0.2) is 53.2 Å². The first kappa shape index (κ1) is 31.7. The summed E-state index contributed by atoms with van der Waals surface area (Å²) in [6.45, 7) is 0. The molecule has 2 aromatic carbocycles. The lowest BCUT2D eigenvalue weighted by Gasteiger charge is -2.11. The van der Waals surface area contributed by atoms with Gasteiger partial charge in [0, 0.05) is 48.2 Å². The fraction of sp³-hybridized carbons (Fsp3) is 0.355. The first-order chi connectivity index (χ1) is 21.1. The highest BCUT2D eigenvalue weighted by molar-refractivity contribution is 6.09. The van der Waals surface area contributed by atoms with Gasteiger partial charge in [-0.25, -0.2) is 0 Å². The van der Waals surface area contributed by atoms with E-state index >= 15 is 0 Å². The number of hydrogen-bond donors (Lipinski definition) is 5. The van der Waals surface area contributed by atoms with E-state index in [4.69, 9.17) is 0 Å². The maximum absolute atomic E-state index is 12.6. The SMILES string of the molecule is O=C1C[C@H](CC(=O)c2cccc(NC(=O)CCCCCCC(=O)Nc3cccc(C(=O)N[C@H]4CC(=O)NC4=O)c3)c2)C(=O)N1. The van der Waals surface area contributed by atoms with Crippen molar-refractivity contribution in [1.82, 2.24) is 16.0 Å². The van der Waals surface area contributed by atoms with Crippen molar-refractivity contribution < 1.29 is 38.4 Å². The zero-order chi connectivity index (χ0) is 31.6. The van der Waals surface area contributed by atoms with Crippen LogP contribution in [0.2, 0.25) is 0 Å². The minimum atomic E-state index is -0.922. The quantitative estimate of drug-likeness (QED) is 0.123. The van der Waals surface area contributed by atoms with Gasteiger partial charge in [-0.3, -0.25) is 49.0 Å². The molecule has 4 rings (SSSR count). The Balaban J connectivity index is 1.11. The Kier molecular flexibility index (Phi) is 10.7. The second-order valence-corrected chi connectivity index (χ2v) is 10.8. The second-order valence-electron chi connectivity index (χ2n) is 10.8. The van der Waals surface area contributed by atoms with Crippen LogP contribution in [0.3, 0.4) is 0 Å². The number of amides is 7. The number of carbonyl (C=O) groups is 8. The molecule has 13 nitrogen and oxygen atoms in total. The number of Topliss-reactive ketones (excluding diaryl/α,β-unsaturated/α-hetero) is 1. The predicted molar refractivity (Wildman–Crippen MR) is 157 cm³/mol. The van der Waals surface area contributed by atoms with Crippen LogP contribution in [0.15, 0.2) is 48.5 Å². The molecule has 2 fully saturated rings. The standard InChI is InChI=1S/C31H33N5O8/c37-24(15-20-16-27(40)35-30(20)43)18-7-5-9-21(13-18)32-25(38)11-3-1-2-4-12-26(39)33-22-10-6-8-19(14-22)29(42)34-23-17-28(41)36-31(23)44/h5-10,13-14,20,23H,1-4,11-12,15-17H2,(H,32,38)(H,33,39)(H,34,42)(H,35,40,43)(H,36,41,44)/t20-,23-/m0/s1. The Morgan fingerprint density at radius 2 is 1.23 bits per heavy atom. The molecule has 0 aromatic heterocycles. The molecule has 44 heavy (non-hydrogen) atoms. The number of nitrogens with one attached hydrogen (secondary N) is 5. The topological polar surface area (TPSA) is 197 Å². The van der Waals surface area contributed by atoms with Gasteiger partial charge in [-0.1, -0.05) is 31.0 Å². The van der Waals surface area contributed by atoms with Crippen molar-refractivity contribution >= 4 is 58.5 Å². The van der Waals surface area contributed by atoms with Gasteiger partial charge in [0.25, 0.3) is 5.91 Å². The highest BCUT2D eigenvalue weighted by Gasteiger charge is 2.33. The van der Waals surface area contributed by atoms with Crippen LogP contribution in [0, 0.1) is 5.92 Å². The molecule has 2 aliphatic rings. The van der Waals surface area contributed by atoms with Crippen LogP contribution in [0.1, 0.15) is 78.5 Å². The van der Waals surface area contributed by atoms with E-state index in [1.807, 2.05) is 0 Å². The number of anilines is 2. The summed E-state index contributed by atoms with van der Waals surface area (Å²) in [4.78, 5) is 95.8. The fourth-order valence-corrected chi connectivity index (χ4v) is 4.91. The van der Waals surface area contributed by atoms with Gasteiger partial charge < -0.3 is 16.0 Å². The van der Waals surface area contributed by atoms with Crippen LogP contribution < -0.4 is 26.6 Å².